The van der Waals surface area contributed by atoms with Crippen LogP contribution in [0.4, 0.5) is 0 Å². The van der Waals surface area contributed by atoms with Crippen LogP contribution < -0.4 is 15.4 Å². The molecule has 4 heteroatoms. The fourth-order valence-corrected chi connectivity index (χ4v) is 2.02. The molecule has 1 unspecified atom stereocenters. The van der Waals surface area contributed by atoms with Crippen LogP contribution in [0.2, 0.25) is 0 Å². The van der Waals surface area contributed by atoms with E-state index in [9.17, 15) is 4.79 Å². The second kappa shape index (κ2) is 6.57. The van der Waals surface area contributed by atoms with Crippen molar-refractivity contribution in [3.8, 4) is 5.75 Å². The first kappa shape index (κ1) is 13.9. The molecule has 0 radical (unpaired) electrons. The lowest BCUT2D eigenvalue weighted by Gasteiger charge is -2.31. The summed E-state index contributed by atoms with van der Waals surface area (Å²) in [7, 11) is 0. The number of ether oxygens (including phenoxy) is 1. The standard InChI is InChI=1S/C15H22N2O2/c1-11-3-5-14(6-4-11)19-8-7-17-15(18)12(2)13-9-16-10-13/h3-6,12-13,16H,7-10H2,1-2H3,(H,17,18). The summed E-state index contributed by atoms with van der Waals surface area (Å²) >= 11 is 0. The lowest BCUT2D eigenvalue weighted by atomic mass is 9.88. The Morgan fingerprint density at radius 1 is 1.42 bits per heavy atom. The smallest absolute Gasteiger partial charge is 0.223 e. The van der Waals surface area contributed by atoms with Gasteiger partial charge in [-0.2, -0.15) is 0 Å². The summed E-state index contributed by atoms with van der Waals surface area (Å²) in [6, 6.07) is 7.92. The van der Waals surface area contributed by atoms with Crippen molar-refractivity contribution in [1.29, 1.82) is 0 Å². The number of carbonyl (C=O) groups is 1. The molecular weight excluding hydrogens is 240 g/mol. The summed E-state index contributed by atoms with van der Waals surface area (Å²) in [6.07, 6.45) is 0. The maximum atomic E-state index is 11.8. The van der Waals surface area contributed by atoms with Gasteiger partial charge in [-0.3, -0.25) is 4.79 Å². The Balaban J connectivity index is 1.63. The van der Waals surface area contributed by atoms with Gasteiger partial charge < -0.3 is 15.4 Å². The van der Waals surface area contributed by atoms with E-state index in [4.69, 9.17) is 4.74 Å². The molecule has 1 fully saturated rings. The average molecular weight is 262 g/mol. The molecule has 1 aromatic carbocycles. The van der Waals surface area contributed by atoms with Gasteiger partial charge in [0.15, 0.2) is 0 Å². The van der Waals surface area contributed by atoms with Crippen molar-refractivity contribution in [2.24, 2.45) is 11.8 Å². The Hall–Kier alpha value is -1.55. The van der Waals surface area contributed by atoms with Crippen LogP contribution in [0.15, 0.2) is 24.3 Å². The molecule has 1 atom stereocenters. The normalized spacial score (nSPS) is 16.5. The van der Waals surface area contributed by atoms with Gasteiger partial charge in [-0.15, -0.1) is 0 Å². The van der Waals surface area contributed by atoms with Crippen LogP contribution in [0, 0.1) is 18.8 Å². The van der Waals surface area contributed by atoms with Gasteiger partial charge in [-0.05, 0) is 38.1 Å². The van der Waals surface area contributed by atoms with Crippen molar-refractivity contribution < 1.29 is 9.53 Å². The van der Waals surface area contributed by atoms with Crippen molar-refractivity contribution in [2.45, 2.75) is 13.8 Å². The van der Waals surface area contributed by atoms with Gasteiger partial charge in [-0.25, -0.2) is 0 Å². The molecule has 0 spiro atoms. The molecular formula is C15H22N2O2. The molecule has 0 aliphatic carbocycles. The van der Waals surface area contributed by atoms with Gasteiger partial charge in [0.1, 0.15) is 12.4 Å². The zero-order chi connectivity index (χ0) is 13.7. The maximum absolute atomic E-state index is 11.8. The van der Waals surface area contributed by atoms with E-state index in [1.165, 1.54) is 5.56 Å². The highest BCUT2D eigenvalue weighted by Gasteiger charge is 2.28. The Morgan fingerprint density at radius 3 is 2.68 bits per heavy atom. The van der Waals surface area contributed by atoms with E-state index in [-0.39, 0.29) is 11.8 Å². The summed E-state index contributed by atoms with van der Waals surface area (Å²) in [5.74, 6) is 1.54. The largest absolute Gasteiger partial charge is 0.492 e. The molecule has 1 aromatic rings. The van der Waals surface area contributed by atoms with Gasteiger partial charge in [0.25, 0.3) is 0 Å². The Kier molecular flexibility index (Phi) is 4.80. The van der Waals surface area contributed by atoms with E-state index >= 15 is 0 Å². The molecule has 0 saturated carbocycles. The first-order chi connectivity index (χ1) is 9.16. The molecule has 104 valence electrons. The van der Waals surface area contributed by atoms with Crippen molar-refractivity contribution >= 4 is 5.91 Å². The number of hydrogen-bond donors (Lipinski definition) is 2. The molecule has 0 aromatic heterocycles. The van der Waals surface area contributed by atoms with E-state index in [0.29, 0.717) is 19.1 Å². The Bertz CT molecular complexity index is 413. The van der Waals surface area contributed by atoms with E-state index in [1.54, 1.807) is 0 Å². The highest BCUT2D eigenvalue weighted by atomic mass is 16.5. The molecule has 4 nitrogen and oxygen atoms in total. The molecule has 2 N–H and O–H groups in total. The summed E-state index contributed by atoms with van der Waals surface area (Å²) in [5, 5.41) is 6.11. The number of nitrogens with one attached hydrogen (secondary N) is 2. The molecule has 1 aliphatic heterocycles. The molecule has 2 rings (SSSR count). The van der Waals surface area contributed by atoms with Gasteiger partial charge >= 0.3 is 0 Å². The quantitative estimate of drug-likeness (QED) is 0.761. The minimum Gasteiger partial charge on any atom is -0.492 e. The van der Waals surface area contributed by atoms with Crippen LogP contribution in [-0.2, 0) is 4.79 Å². The minimum atomic E-state index is 0.0839. The van der Waals surface area contributed by atoms with Crippen LogP contribution in [0.5, 0.6) is 5.75 Å². The number of benzene rings is 1. The first-order valence-corrected chi connectivity index (χ1v) is 6.84. The second-order valence-corrected chi connectivity index (χ2v) is 5.16. The fourth-order valence-electron chi connectivity index (χ4n) is 2.02. The van der Waals surface area contributed by atoms with Crippen molar-refractivity contribution in [2.75, 3.05) is 26.2 Å². The van der Waals surface area contributed by atoms with Gasteiger partial charge in [-0.1, -0.05) is 24.6 Å². The maximum Gasteiger partial charge on any atom is 0.223 e. The zero-order valence-electron chi connectivity index (χ0n) is 11.6. The zero-order valence-corrected chi connectivity index (χ0v) is 11.6. The number of amides is 1. The molecule has 0 bridgehead atoms. The molecule has 1 aliphatic rings. The topological polar surface area (TPSA) is 50.4 Å². The molecule has 1 saturated heterocycles. The number of rotatable bonds is 6. The lowest BCUT2D eigenvalue weighted by molar-refractivity contribution is -0.126. The van der Waals surface area contributed by atoms with Crippen LogP contribution in [0.25, 0.3) is 0 Å². The highest BCUT2D eigenvalue weighted by molar-refractivity contribution is 5.78. The van der Waals surface area contributed by atoms with E-state index in [0.717, 1.165) is 18.8 Å². The highest BCUT2D eigenvalue weighted by Crippen LogP contribution is 2.15. The Labute approximate surface area is 114 Å². The lowest BCUT2D eigenvalue weighted by Crippen LogP contribution is -2.49. The average Bonchev–Trinajstić information content (AvgIpc) is 2.34. The monoisotopic (exact) mass is 262 g/mol. The van der Waals surface area contributed by atoms with Crippen molar-refractivity contribution in [3.63, 3.8) is 0 Å². The third-order valence-corrected chi connectivity index (χ3v) is 3.62. The van der Waals surface area contributed by atoms with E-state index in [1.807, 2.05) is 38.1 Å². The first-order valence-electron chi connectivity index (χ1n) is 6.84. The minimum absolute atomic E-state index is 0.0839. The predicted molar refractivity (Wildman–Crippen MR) is 75.2 cm³/mol. The van der Waals surface area contributed by atoms with Gasteiger partial charge in [0.2, 0.25) is 5.91 Å². The molecule has 1 heterocycles. The van der Waals surface area contributed by atoms with Crippen molar-refractivity contribution in [3.05, 3.63) is 29.8 Å². The number of hydrogen-bond acceptors (Lipinski definition) is 3. The van der Waals surface area contributed by atoms with Crippen LogP contribution in [-0.4, -0.2) is 32.1 Å². The van der Waals surface area contributed by atoms with Crippen molar-refractivity contribution in [1.82, 2.24) is 10.6 Å². The summed E-state index contributed by atoms with van der Waals surface area (Å²) < 4.78 is 5.56. The van der Waals surface area contributed by atoms with E-state index < -0.39 is 0 Å². The summed E-state index contributed by atoms with van der Waals surface area (Å²) in [6.45, 7) is 6.99. The van der Waals surface area contributed by atoms with Crippen LogP contribution in [0.3, 0.4) is 0 Å². The van der Waals surface area contributed by atoms with Crippen LogP contribution >= 0.6 is 0 Å². The fraction of sp³-hybridized carbons (Fsp3) is 0.533. The van der Waals surface area contributed by atoms with Crippen LogP contribution in [0.1, 0.15) is 12.5 Å². The predicted octanol–water partition coefficient (Wildman–Crippen LogP) is 1.35. The molecule has 19 heavy (non-hydrogen) atoms. The Morgan fingerprint density at radius 2 is 2.11 bits per heavy atom. The van der Waals surface area contributed by atoms with Gasteiger partial charge in [0, 0.05) is 5.92 Å². The second-order valence-electron chi connectivity index (χ2n) is 5.16. The third kappa shape index (κ3) is 3.96. The van der Waals surface area contributed by atoms with E-state index in [2.05, 4.69) is 10.6 Å². The SMILES string of the molecule is Cc1ccc(OCCNC(=O)C(C)C2CNC2)cc1. The number of aryl methyl sites for hydroxylation is 1. The third-order valence-electron chi connectivity index (χ3n) is 3.62. The summed E-state index contributed by atoms with van der Waals surface area (Å²) in [4.78, 5) is 11.8. The molecule has 1 amide bonds. The number of carbonyl (C=O) groups excluding carboxylic acids is 1. The van der Waals surface area contributed by atoms with Gasteiger partial charge in [0.05, 0.1) is 6.54 Å². The summed E-state index contributed by atoms with van der Waals surface area (Å²) in [5.41, 5.74) is 1.21.